The lowest BCUT2D eigenvalue weighted by Crippen LogP contribution is -2.41. The summed E-state index contributed by atoms with van der Waals surface area (Å²) >= 11 is 1.23. The summed E-state index contributed by atoms with van der Waals surface area (Å²) in [5, 5.41) is 9.28. The summed E-state index contributed by atoms with van der Waals surface area (Å²) in [5.74, 6) is 0.601. The van der Waals surface area contributed by atoms with Crippen LogP contribution in [0.1, 0.15) is 30.5 Å². The van der Waals surface area contributed by atoms with E-state index in [1.807, 2.05) is 7.05 Å². The van der Waals surface area contributed by atoms with Gasteiger partial charge < -0.3 is 5.32 Å². The Morgan fingerprint density at radius 2 is 2.08 bits per heavy atom. The molecule has 140 valence electrons. The van der Waals surface area contributed by atoms with Gasteiger partial charge >= 0.3 is 0 Å². The Kier molecular flexibility index (Phi) is 4.62. The first-order valence-corrected chi connectivity index (χ1v) is 11.2. The maximum Gasteiger partial charge on any atom is 0.252 e. The molecule has 1 aliphatic carbocycles. The van der Waals surface area contributed by atoms with E-state index in [4.69, 9.17) is 0 Å². The maximum absolute atomic E-state index is 12.7. The number of aromatic nitrogens is 2. The zero-order valence-corrected chi connectivity index (χ0v) is 16.3. The molecule has 2 aromatic rings. The third-order valence-corrected chi connectivity index (χ3v) is 8.50. The smallest absolute Gasteiger partial charge is 0.252 e. The van der Waals surface area contributed by atoms with Crippen molar-refractivity contribution in [3.05, 3.63) is 28.8 Å². The van der Waals surface area contributed by atoms with E-state index in [0.717, 1.165) is 36.3 Å². The van der Waals surface area contributed by atoms with E-state index in [1.165, 1.54) is 15.6 Å². The van der Waals surface area contributed by atoms with Gasteiger partial charge in [-0.2, -0.15) is 9.40 Å². The van der Waals surface area contributed by atoms with E-state index >= 15 is 0 Å². The van der Waals surface area contributed by atoms with E-state index in [1.54, 1.807) is 22.2 Å². The minimum atomic E-state index is -3.43. The van der Waals surface area contributed by atoms with Crippen LogP contribution in [-0.4, -0.2) is 41.5 Å². The fourth-order valence-electron chi connectivity index (χ4n) is 3.79. The molecule has 7 nitrogen and oxygen atoms in total. The van der Waals surface area contributed by atoms with E-state index in [9.17, 15) is 13.2 Å². The topological polar surface area (TPSA) is 84.3 Å². The van der Waals surface area contributed by atoms with Gasteiger partial charge in [0, 0.05) is 31.6 Å². The Bertz CT molecular complexity index is 910. The Hall–Kier alpha value is -1.71. The van der Waals surface area contributed by atoms with Crippen LogP contribution < -0.4 is 5.32 Å². The lowest BCUT2D eigenvalue weighted by atomic mass is 9.97. The molecule has 0 bridgehead atoms. The quantitative estimate of drug-likeness (QED) is 0.860. The molecule has 0 radical (unpaired) electrons. The highest BCUT2D eigenvalue weighted by molar-refractivity contribution is 7.91. The van der Waals surface area contributed by atoms with Gasteiger partial charge in [-0.3, -0.25) is 9.48 Å². The average molecular weight is 395 g/mol. The molecule has 0 unspecified atom stereocenters. The molecule has 1 fully saturated rings. The number of hydrogen-bond donors (Lipinski definition) is 1. The summed E-state index contributed by atoms with van der Waals surface area (Å²) in [7, 11) is -1.58. The Balaban J connectivity index is 1.40. The van der Waals surface area contributed by atoms with Crippen molar-refractivity contribution in [2.45, 2.75) is 36.3 Å². The van der Waals surface area contributed by atoms with Gasteiger partial charge in [-0.15, -0.1) is 11.3 Å². The predicted molar refractivity (Wildman–Crippen MR) is 99.7 cm³/mol. The number of hydrogen-bond acceptors (Lipinski definition) is 5. The maximum atomic E-state index is 12.7. The number of thiophene rings is 1. The van der Waals surface area contributed by atoms with Crippen LogP contribution in [0.25, 0.3) is 0 Å². The van der Waals surface area contributed by atoms with Crippen LogP contribution in [0.15, 0.2) is 21.7 Å². The van der Waals surface area contributed by atoms with Crippen molar-refractivity contribution in [2.75, 3.05) is 18.4 Å². The molecule has 1 saturated heterocycles. The number of nitrogens with one attached hydrogen (secondary N) is 1. The molecule has 26 heavy (non-hydrogen) atoms. The van der Waals surface area contributed by atoms with E-state index in [0.29, 0.717) is 30.1 Å². The molecule has 9 heteroatoms. The van der Waals surface area contributed by atoms with Gasteiger partial charge in [-0.1, -0.05) is 6.07 Å². The van der Waals surface area contributed by atoms with Gasteiger partial charge in [0.2, 0.25) is 5.91 Å². The molecular formula is C17H22N4O3S2. The van der Waals surface area contributed by atoms with Crippen LogP contribution in [0, 0.1) is 5.92 Å². The van der Waals surface area contributed by atoms with Crippen molar-refractivity contribution in [3.8, 4) is 0 Å². The molecule has 0 atom stereocenters. The zero-order chi connectivity index (χ0) is 18.3. The fourth-order valence-corrected chi connectivity index (χ4v) is 6.40. The minimum absolute atomic E-state index is 0.0316. The van der Waals surface area contributed by atoms with Gasteiger partial charge in [0.05, 0.1) is 5.69 Å². The molecule has 1 aliphatic heterocycles. The molecule has 2 aromatic heterocycles. The van der Waals surface area contributed by atoms with Gasteiger partial charge in [0.25, 0.3) is 10.0 Å². The Morgan fingerprint density at radius 1 is 1.31 bits per heavy atom. The molecule has 2 aliphatic rings. The monoisotopic (exact) mass is 394 g/mol. The molecule has 1 amide bonds. The van der Waals surface area contributed by atoms with E-state index in [2.05, 4.69) is 10.4 Å². The van der Waals surface area contributed by atoms with Gasteiger partial charge in [-0.25, -0.2) is 8.42 Å². The summed E-state index contributed by atoms with van der Waals surface area (Å²) in [6.07, 6.45) is 4.08. The SMILES string of the molecule is Cn1nc2c(c1NC(=O)C1CCN(S(=O)(=O)c3cccs3)CC1)CCC2. The Labute approximate surface area is 157 Å². The van der Waals surface area contributed by atoms with Crippen LogP contribution in [0.4, 0.5) is 5.82 Å². The normalized spacial score (nSPS) is 18.8. The first kappa shape index (κ1) is 17.7. The van der Waals surface area contributed by atoms with E-state index < -0.39 is 10.0 Å². The summed E-state index contributed by atoms with van der Waals surface area (Å²) in [6, 6.07) is 3.37. The number of rotatable bonds is 4. The molecular weight excluding hydrogens is 372 g/mol. The lowest BCUT2D eigenvalue weighted by Gasteiger charge is -2.30. The number of anilines is 1. The number of aryl methyl sites for hydroxylation is 2. The minimum Gasteiger partial charge on any atom is -0.310 e. The molecule has 3 heterocycles. The second-order valence-electron chi connectivity index (χ2n) is 6.85. The Morgan fingerprint density at radius 3 is 2.77 bits per heavy atom. The molecule has 0 saturated carbocycles. The second kappa shape index (κ2) is 6.79. The van der Waals surface area contributed by atoms with Crippen molar-refractivity contribution in [2.24, 2.45) is 13.0 Å². The second-order valence-corrected chi connectivity index (χ2v) is 9.96. The van der Waals surface area contributed by atoms with Crippen molar-refractivity contribution < 1.29 is 13.2 Å². The number of carbonyl (C=O) groups is 1. The van der Waals surface area contributed by atoms with Gasteiger partial charge in [0.1, 0.15) is 10.0 Å². The molecule has 0 aromatic carbocycles. The van der Waals surface area contributed by atoms with Crippen LogP contribution in [0.2, 0.25) is 0 Å². The van der Waals surface area contributed by atoms with Crippen LogP contribution in [0.3, 0.4) is 0 Å². The first-order valence-electron chi connectivity index (χ1n) is 8.86. The van der Waals surface area contributed by atoms with Crippen molar-refractivity contribution >= 4 is 33.1 Å². The highest BCUT2D eigenvalue weighted by atomic mass is 32.2. The molecule has 4 rings (SSSR count). The fraction of sp³-hybridized carbons (Fsp3) is 0.529. The number of fused-ring (bicyclic) bond motifs is 1. The van der Waals surface area contributed by atoms with Gasteiger partial charge in [0.15, 0.2) is 0 Å². The number of nitrogens with zero attached hydrogens (tertiary/aromatic N) is 3. The largest absolute Gasteiger partial charge is 0.310 e. The van der Waals surface area contributed by atoms with Gasteiger partial charge in [-0.05, 0) is 43.6 Å². The van der Waals surface area contributed by atoms with Crippen LogP contribution in [0.5, 0.6) is 0 Å². The van der Waals surface area contributed by atoms with Crippen LogP contribution >= 0.6 is 11.3 Å². The highest BCUT2D eigenvalue weighted by Crippen LogP contribution is 2.30. The predicted octanol–water partition coefficient (Wildman–Crippen LogP) is 2.01. The third kappa shape index (κ3) is 3.08. The number of amides is 1. The summed E-state index contributed by atoms with van der Waals surface area (Å²) < 4.78 is 28.8. The number of carbonyl (C=O) groups excluding carboxylic acids is 1. The standard InChI is InChI=1S/C17H22N4O3S2/c1-20-16(13-4-2-5-14(13)19-20)18-17(22)12-7-9-21(10-8-12)26(23,24)15-6-3-11-25-15/h3,6,11-12H,2,4-5,7-10H2,1H3,(H,18,22). The average Bonchev–Trinajstić information content (AvgIpc) is 3.35. The van der Waals surface area contributed by atoms with Crippen LogP contribution in [-0.2, 0) is 34.7 Å². The van der Waals surface area contributed by atoms with Crippen molar-refractivity contribution in [1.82, 2.24) is 14.1 Å². The summed E-state index contributed by atoms with van der Waals surface area (Å²) in [6.45, 7) is 0.754. The van der Waals surface area contributed by atoms with Crippen molar-refractivity contribution in [3.63, 3.8) is 0 Å². The lowest BCUT2D eigenvalue weighted by molar-refractivity contribution is -0.121. The summed E-state index contributed by atoms with van der Waals surface area (Å²) in [4.78, 5) is 12.7. The zero-order valence-electron chi connectivity index (χ0n) is 14.6. The van der Waals surface area contributed by atoms with Crippen molar-refractivity contribution in [1.29, 1.82) is 0 Å². The first-order chi connectivity index (χ1) is 12.5. The molecule has 1 N–H and O–H groups in total. The number of piperidine rings is 1. The van der Waals surface area contributed by atoms with E-state index in [-0.39, 0.29) is 11.8 Å². The molecule has 0 spiro atoms. The highest BCUT2D eigenvalue weighted by Gasteiger charge is 2.33. The summed E-state index contributed by atoms with van der Waals surface area (Å²) in [5.41, 5.74) is 2.23. The number of sulfonamides is 1. The third-order valence-electron chi connectivity index (χ3n) is 5.22.